The van der Waals surface area contributed by atoms with Gasteiger partial charge in [0.15, 0.2) is 12.9 Å². The summed E-state index contributed by atoms with van der Waals surface area (Å²) in [5.41, 5.74) is 2.15. The van der Waals surface area contributed by atoms with E-state index in [0.717, 1.165) is 17.7 Å². The van der Waals surface area contributed by atoms with E-state index >= 15 is 0 Å². The predicted octanol–water partition coefficient (Wildman–Crippen LogP) is 2.48. The van der Waals surface area contributed by atoms with Crippen LogP contribution in [0.15, 0.2) is 30.3 Å². The minimum absolute atomic E-state index is 0.0815. The minimum Gasteiger partial charge on any atom is -0.484 e. The Kier molecular flexibility index (Phi) is 5.00. The lowest BCUT2D eigenvalue weighted by Crippen LogP contribution is -2.28. The maximum atomic E-state index is 11.7. The highest BCUT2D eigenvalue weighted by Crippen LogP contribution is 2.15. The van der Waals surface area contributed by atoms with Crippen molar-refractivity contribution in [2.75, 3.05) is 6.61 Å². The normalized spacial score (nSPS) is 10.2. The van der Waals surface area contributed by atoms with Gasteiger partial charge in [-0.1, -0.05) is 11.6 Å². The van der Waals surface area contributed by atoms with Crippen LogP contribution in [-0.4, -0.2) is 23.8 Å². The molecule has 0 aliphatic heterocycles. The Bertz CT molecular complexity index is 635. The number of H-pyrrole nitrogens is 1. The summed E-state index contributed by atoms with van der Waals surface area (Å²) in [5.74, 6) is 0.332. The zero-order chi connectivity index (χ0) is 15.2. The van der Waals surface area contributed by atoms with Gasteiger partial charge in [0, 0.05) is 22.0 Å². The monoisotopic (exact) mass is 306 g/mol. The lowest BCUT2D eigenvalue weighted by molar-refractivity contribution is -0.123. The summed E-state index contributed by atoms with van der Waals surface area (Å²) in [7, 11) is 0. The van der Waals surface area contributed by atoms with Crippen LogP contribution in [0.2, 0.25) is 5.02 Å². The van der Waals surface area contributed by atoms with Crippen LogP contribution < -0.4 is 10.1 Å². The van der Waals surface area contributed by atoms with Crippen molar-refractivity contribution in [2.24, 2.45) is 0 Å². The topological polar surface area (TPSA) is 71.2 Å². The molecule has 0 fully saturated rings. The zero-order valence-corrected chi connectivity index (χ0v) is 12.2. The Labute approximate surface area is 127 Å². The third kappa shape index (κ3) is 4.36. The fraction of sp³-hybridized carbons (Fsp3) is 0.200. The van der Waals surface area contributed by atoms with Gasteiger partial charge in [0.25, 0.3) is 5.91 Å². The largest absolute Gasteiger partial charge is 0.484 e. The average Bonchev–Trinajstić information content (AvgIpc) is 2.85. The van der Waals surface area contributed by atoms with E-state index in [4.69, 9.17) is 16.3 Å². The molecular formula is C15H15ClN2O3. The van der Waals surface area contributed by atoms with Crippen LogP contribution in [0.3, 0.4) is 0 Å². The molecule has 21 heavy (non-hydrogen) atoms. The van der Waals surface area contributed by atoms with Crippen molar-refractivity contribution in [3.63, 3.8) is 0 Å². The summed E-state index contributed by atoms with van der Waals surface area (Å²) in [6.07, 6.45) is 0.779. The van der Waals surface area contributed by atoms with Crippen molar-refractivity contribution < 1.29 is 14.3 Å². The molecule has 0 unspecified atom stereocenters. The van der Waals surface area contributed by atoms with Gasteiger partial charge in [0.2, 0.25) is 0 Å². The first kappa shape index (κ1) is 15.1. The van der Waals surface area contributed by atoms with Crippen molar-refractivity contribution in [2.45, 2.75) is 13.5 Å². The summed E-state index contributed by atoms with van der Waals surface area (Å²) in [5, 5.41) is 3.32. The molecule has 0 spiro atoms. The molecule has 0 atom stereocenters. The van der Waals surface area contributed by atoms with Gasteiger partial charge < -0.3 is 15.0 Å². The summed E-state index contributed by atoms with van der Waals surface area (Å²) in [4.78, 5) is 25.4. The van der Waals surface area contributed by atoms with Crippen molar-refractivity contribution in [3.05, 3.63) is 52.3 Å². The van der Waals surface area contributed by atoms with Crippen LogP contribution >= 0.6 is 11.6 Å². The van der Waals surface area contributed by atoms with Gasteiger partial charge in [-0.05, 0) is 37.3 Å². The highest BCUT2D eigenvalue weighted by Gasteiger charge is 2.06. The Balaban J connectivity index is 1.79. The lowest BCUT2D eigenvalue weighted by atomic mass is 10.3. The van der Waals surface area contributed by atoms with E-state index in [0.29, 0.717) is 22.9 Å². The molecule has 0 saturated carbocycles. The number of amides is 1. The number of carbonyl (C=O) groups excluding carboxylic acids is 2. The van der Waals surface area contributed by atoms with Crippen LogP contribution in [0, 0.1) is 6.92 Å². The van der Waals surface area contributed by atoms with Gasteiger partial charge in [-0.3, -0.25) is 9.59 Å². The molecule has 0 radical (unpaired) electrons. The predicted molar refractivity (Wildman–Crippen MR) is 79.7 cm³/mol. The number of aromatic amines is 1. The number of ether oxygens (including phenoxy) is 1. The molecule has 2 rings (SSSR count). The van der Waals surface area contributed by atoms with Crippen molar-refractivity contribution in [1.82, 2.24) is 10.3 Å². The standard InChI is InChI=1S/C15H15ClN2O3/c1-10-11(8-19)6-13(18-10)7-17-15(20)9-21-14-4-2-12(16)3-5-14/h2-6,8,18H,7,9H2,1H3,(H,17,20). The highest BCUT2D eigenvalue weighted by atomic mass is 35.5. The van der Waals surface area contributed by atoms with Crippen molar-refractivity contribution in [1.29, 1.82) is 0 Å². The van der Waals surface area contributed by atoms with E-state index in [-0.39, 0.29) is 12.5 Å². The highest BCUT2D eigenvalue weighted by molar-refractivity contribution is 6.30. The fourth-order valence-electron chi connectivity index (χ4n) is 1.79. The Morgan fingerprint density at radius 1 is 1.38 bits per heavy atom. The van der Waals surface area contributed by atoms with Gasteiger partial charge in [-0.2, -0.15) is 0 Å². The van der Waals surface area contributed by atoms with Crippen LogP contribution in [-0.2, 0) is 11.3 Å². The van der Waals surface area contributed by atoms with E-state index in [1.165, 1.54) is 0 Å². The van der Waals surface area contributed by atoms with E-state index in [1.807, 2.05) is 0 Å². The number of hydrogen-bond donors (Lipinski definition) is 2. The summed E-state index contributed by atoms with van der Waals surface area (Å²) >= 11 is 5.76. The molecule has 1 heterocycles. The van der Waals surface area contributed by atoms with Crippen LogP contribution in [0.5, 0.6) is 5.75 Å². The number of halogens is 1. The molecule has 1 amide bonds. The van der Waals surface area contributed by atoms with Gasteiger partial charge in [-0.25, -0.2) is 0 Å². The molecule has 2 aromatic rings. The SMILES string of the molecule is Cc1[nH]c(CNC(=O)COc2ccc(Cl)cc2)cc1C=O. The first-order chi connectivity index (χ1) is 10.1. The molecule has 1 aromatic carbocycles. The molecule has 2 N–H and O–H groups in total. The van der Waals surface area contributed by atoms with Crippen LogP contribution in [0.25, 0.3) is 0 Å². The first-order valence-corrected chi connectivity index (χ1v) is 6.75. The summed E-state index contributed by atoms with van der Waals surface area (Å²) < 4.78 is 5.32. The number of benzene rings is 1. The smallest absolute Gasteiger partial charge is 0.258 e. The molecule has 1 aromatic heterocycles. The quantitative estimate of drug-likeness (QED) is 0.805. The molecule has 0 aliphatic rings. The number of nitrogens with one attached hydrogen (secondary N) is 2. The molecule has 0 aliphatic carbocycles. The van der Waals surface area contributed by atoms with E-state index in [9.17, 15) is 9.59 Å². The van der Waals surface area contributed by atoms with E-state index < -0.39 is 0 Å². The number of carbonyl (C=O) groups is 2. The maximum Gasteiger partial charge on any atom is 0.258 e. The number of hydrogen-bond acceptors (Lipinski definition) is 3. The maximum absolute atomic E-state index is 11.7. The average molecular weight is 307 g/mol. The third-order valence-electron chi connectivity index (χ3n) is 2.90. The summed E-state index contributed by atoms with van der Waals surface area (Å²) in [6, 6.07) is 8.48. The Hall–Kier alpha value is -2.27. The number of aryl methyl sites for hydroxylation is 1. The molecular weight excluding hydrogens is 292 g/mol. The zero-order valence-electron chi connectivity index (χ0n) is 11.5. The second-order valence-electron chi connectivity index (χ2n) is 4.51. The second-order valence-corrected chi connectivity index (χ2v) is 4.95. The van der Waals surface area contributed by atoms with Gasteiger partial charge in [0.1, 0.15) is 5.75 Å². The van der Waals surface area contributed by atoms with Crippen molar-refractivity contribution in [3.8, 4) is 5.75 Å². The van der Waals surface area contributed by atoms with Crippen LogP contribution in [0.1, 0.15) is 21.7 Å². The third-order valence-corrected chi connectivity index (χ3v) is 3.15. The molecule has 0 bridgehead atoms. The molecule has 110 valence electrons. The fourth-order valence-corrected chi connectivity index (χ4v) is 1.91. The number of aldehydes is 1. The van der Waals surface area contributed by atoms with Gasteiger partial charge in [0.05, 0.1) is 6.54 Å². The first-order valence-electron chi connectivity index (χ1n) is 6.37. The minimum atomic E-state index is -0.246. The lowest BCUT2D eigenvalue weighted by Gasteiger charge is -2.06. The molecule has 5 nitrogen and oxygen atoms in total. The summed E-state index contributed by atoms with van der Waals surface area (Å²) in [6.45, 7) is 2.04. The van der Waals surface area contributed by atoms with Crippen molar-refractivity contribution >= 4 is 23.8 Å². The molecule has 6 heteroatoms. The molecule has 0 saturated heterocycles. The van der Waals surface area contributed by atoms with Gasteiger partial charge in [-0.15, -0.1) is 0 Å². The number of aromatic nitrogens is 1. The Morgan fingerprint density at radius 3 is 2.71 bits per heavy atom. The second kappa shape index (κ2) is 6.95. The van der Waals surface area contributed by atoms with E-state index in [2.05, 4.69) is 10.3 Å². The van der Waals surface area contributed by atoms with Crippen LogP contribution in [0.4, 0.5) is 0 Å². The van der Waals surface area contributed by atoms with Gasteiger partial charge >= 0.3 is 0 Å². The van der Waals surface area contributed by atoms with E-state index in [1.54, 1.807) is 37.3 Å². The number of rotatable bonds is 6. The Morgan fingerprint density at radius 2 is 2.10 bits per heavy atom.